The molecule has 0 atom stereocenters. The summed E-state index contributed by atoms with van der Waals surface area (Å²) in [6.45, 7) is 15.8. The first-order chi connectivity index (χ1) is 41.6. The molecule has 3 aromatic carbocycles. The monoisotopic (exact) mass is 1360 g/mol. The molecule has 0 fully saturated rings. The predicted molar refractivity (Wildman–Crippen MR) is 340 cm³/mol. The second-order valence-electron chi connectivity index (χ2n) is 20.0. The lowest BCUT2D eigenvalue weighted by Crippen LogP contribution is -2.21. The van der Waals surface area contributed by atoms with E-state index in [9.17, 15) is 49.5 Å². The fourth-order valence-corrected chi connectivity index (χ4v) is 12.9. The van der Waals surface area contributed by atoms with Crippen molar-refractivity contribution >= 4 is 92.9 Å². The first-order valence-electron chi connectivity index (χ1n) is 26.9. The number of esters is 1. The number of nitrogens with one attached hydrogen (secondary N) is 1. The van der Waals surface area contributed by atoms with Crippen LogP contribution < -0.4 is 10.3 Å². The number of carbonyl (C=O) groups excluding carboxylic acids is 3. The summed E-state index contributed by atoms with van der Waals surface area (Å²) in [6.07, 6.45) is 14.6. The number of H-pyrrole nitrogens is 1. The maximum Gasteiger partial charge on any atom is 0.346 e. The highest BCUT2D eigenvalue weighted by Gasteiger charge is 2.28. The molecule has 24 nitrogen and oxygen atoms in total. The minimum Gasteiger partial charge on any atom is -0.494 e. The summed E-state index contributed by atoms with van der Waals surface area (Å²) in [5.41, 5.74) is 3.44. The van der Waals surface area contributed by atoms with E-state index in [1.165, 1.54) is 84.0 Å². The Labute approximate surface area is 535 Å². The van der Waals surface area contributed by atoms with Crippen LogP contribution in [0.2, 0.25) is 15.1 Å². The fraction of sp³-hybridized carbons (Fsp3) is 0.310. The minimum atomic E-state index is -3.57. The lowest BCUT2D eigenvalue weighted by molar-refractivity contribution is 0.0719. The molecule has 0 amide bonds. The van der Waals surface area contributed by atoms with Gasteiger partial charge in [0.1, 0.15) is 0 Å². The molecule has 0 bridgehead atoms. The van der Waals surface area contributed by atoms with Crippen molar-refractivity contribution in [2.45, 2.75) is 75.9 Å². The Balaban J connectivity index is 0.000000219. The summed E-state index contributed by atoms with van der Waals surface area (Å²) >= 11 is 24.4. The van der Waals surface area contributed by atoms with E-state index in [0.29, 0.717) is 16.8 Å². The summed E-state index contributed by atoms with van der Waals surface area (Å²) in [5.74, 6) is -1.09. The summed E-state index contributed by atoms with van der Waals surface area (Å²) in [7, 11) is -5.65. The number of aromatic hydroxyl groups is 1. The molecule has 0 spiro atoms. The number of halogens is 4. The van der Waals surface area contributed by atoms with E-state index in [1.54, 1.807) is 109 Å². The van der Waals surface area contributed by atoms with Crippen molar-refractivity contribution in [2.24, 2.45) is 21.1 Å². The number of carbonyl (C=O) groups is 3. The van der Waals surface area contributed by atoms with Crippen LogP contribution in [-0.2, 0) is 70.3 Å². The van der Waals surface area contributed by atoms with Gasteiger partial charge in [-0.1, -0.05) is 55.6 Å². The van der Waals surface area contributed by atoms with E-state index in [0.717, 1.165) is 24.5 Å². The van der Waals surface area contributed by atoms with Gasteiger partial charge in [-0.05, 0) is 112 Å². The van der Waals surface area contributed by atoms with E-state index in [-0.39, 0.29) is 100 Å². The number of sulfone groups is 3. The van der Waals surface area contributed by atoms with Crippen LogP contribution in [0.3, 0.4) is 0 Å². The number of benzene rings is 3. The highest BCUT2D eigenvalue weighted by atomic mass is 35.5. The first-order valence-corrected chi connectivity index (χ1v) is 34.0. The minimum absolute atomic E-state index is 0.0114. The van der Waals surface area contributed by atoms with Crippen molar-refractivity contribution in [2.75, 3.05) is 38.4 Å². The normalized spacial score (nSPS) is 11.3. The van der Waals surface area contributed by atoms with Crippen molar-refractivity contribution < 1.29 is 49.5 Å². The van der Waals surface area contributed by atoms with Gasteiger partial charge >= 0.3 is 5.97 Å². The van der Waals surface area contributed by atoms with Gasteiger partial charge in [-0.2, -0.15) is 20.4 Å². The van der Waals surface area contributed by atoms with Gasteiger partial charge in [0.05, 0.1) is 71.8 Å². The quantitative estimate of drug-likeness (QED) is 0.0490. The maximum atomic E-state index is 13.0. The van der Waals surface area contributed by atoms with Gasteiger partial charge in [0.15, 0.2) is 35.3 Å². The van der Waals surface area contributed by atoms with E-state index in [1.807, 2.05) is 6.92 Å². The largest absolute Gasteiger partial charge is 0.494 e. The van der Waals surface area contributed by atoms with Crippen molar-refractivity contribution in [1.29, 1.82) is 0 Å². The summed E-state index contributed by atoms with van der Waals surface area (Å²) < 4.78 is 86.5. The molecular weight excluding hydrogens is 1290 g/mol. The van der Waals surface area contributed by atoms with E-state index in [4.69, 9.17) is 51.1 Å². The van der Waals surface area contributed by atoms with Gasteiger partial charge in [0.2, 0.25) is 11.8 Å². The smallest absolute Gasteiger partial charge is 0.346 e. The third kappa shape index (κ3) is 19.2. The number of ketones is 1. The zero-order valence-electron chi connectivity index (χ0n) is 50.7. The Morgan fingerprint density at radius 1 is 0.629 bits per heavy atom. The molecule has 0 saturated heterocycles. The molecule has 0 aliphatic carbocycles. The Morgan fingerprint density at radius 3 is 1.33 bits per heavy atom. The SMILES string of the molecule is CCN(CC)CC.CS(=O)(=O)c1ccc(C(=O)Cl)c(Cl)c1Cn1cccn1.Cc1cc(=O)n(C)[nH]1.Cc1cc(OC(=O)c2ccc(S(C)(=O)=O)c(Cn3cccn3)c2Cl)n(C)n1.Cc1cn(C)c(O)c1C(=O)c1ccc(S(C)(=O)=O)c(Cn2cccn2)c1Cl. The number of rotatable bonds is 17. The summed E-state index contributed by atoms with van der Waals surface area (Å²) in [4.78, 5) is 50.0. The fourth-order valence-electron chi connectivity index (χ4n) is 8.77. The van der Waals surface area contributed by atoms with E-state index >= 15 is 0 Å². The number of ether oxygens (including phenoxy) is 1. The molecule has 6 heterocycles. The molecule has 6 aromatic heterocycles. The summed E-state index contributed by atoms with van der Waals surface area (Å²) in [5, 5.41) is 28.6. The molecule has 478 valence electrons. The van der Waals surface area contributed by atoms with Crippen molar-refractivity contribution in [3.63, 3.8) is 0 Å². The van der Waals surface area contributed by atoms with Crippen LogP contribution in [0.25, 0.3) is 0 Å². The molecular formula is C58H68Cl4N12O12S3. The molecule has 0 radical (unpaired) electrons. The first kappa shape index (κ1) is 72.1. The molecule has 31 heteroatoms. The Morgan fingerprint density at radius 2 is 1.03 bits per heavy atom. The van der Waals surface area contributed by atoms with Crippen LogP contribution in [0.5, 0.6) is 11.8 Å². The van der Waals surface area contributed by atoms with Crippen LogP contribution in [0.15, 0.2) is 130 Å². The van der Waals surface area contributed by atoms with Crippen LogP contribution in [-0.4, -0.2) is 144 Å². The molecule has 0 aliphatic heterocycles. The van der Waals surface area contributed by atoms with Gasteiger partial charge in [-0.25, -0.2) is 34.7 Å². The molecule has 2 N–H and O–H groups in total. The number of aromatic nitrogens is 11. The van der Waals surface area contributed by atoms with Crippen molar-refractivity contribution in [3.8, 4) is 11.8 Å². The number of nitrogens with zero attached hydrogens (tertiary/aromatic N) is 11. The highest BCUT2D eigenvalue weighted by molar-refractivity contribution is 7.91. The molecule has 0 unspecified atom stereocenters. The number of aryl methyl sites for hydroxylation is 6. The lowest BCUT2D eigenvalue weighted by Gasteiger charge is -2.14. The number of hydrogen-bond donors (Lipinski definition) is 2. The molecule has 0 aliphatic rings. The Bertz CT molecular complexity index is 4360. The van der Waals surface area contributed by atoms with Gasteiger partial charge in [0, 0.05) is 123 Å². The Kier molecular flexibility index (Phi) is 25.3. The topological polar surface area (TPSA) is 300 Å². The van der Waals surface area contributed by atoms with Crippen LogP contribution >= 0.6 is 46.4 Å². The number of hydrogen-bond acceptors (Lipinski definition) is 17. The maximum absolute atomic E-state index is 13.0. The third-order valence-corrected chi connectivity index (χ3v) is 18.2. The molecule has 0 saturated carbocycles. The number of aromatic amines is 1. The molecule has 9 aromatic rings. The average molecular weight is 1360 g/mol. The van der Waals surface area contributed by atoms with Crippen LogP contribution in [0.1, 0.15) is 91.1 Å². The standard InChI is InChI=1S/C18H18ClN3O4S.C17H17ClN4O4S.C12H10Cl2N2O3S.C6H15N.C5H8N2O/c1-11-9-21(2)18(24)15(11)17(23)12-5-6-14(27(3,25)26)13(16(12)19)10-22-8-4-7-20-22;1-11-9-15(21(2)20-11)26-17(23)12-5-6-14(27(3,24)25)13(16(12)18)10-22-8-4-7-19-22;1-20(18,19)10-4-3-8(12(14)17)11(13)9(10)7-16-6-2-5-15-16;1-4-7(5-2)6-3;1-4-3-5(8)7(2)6-4/h4-9,24H,10H2,1-3H3;4-9H,10H2,1-3H3;2-6H,7H2,1H3;4-6H2,1-3H3;3,6H,1-2H3. The van der Waals surface area contributed by atoms with Crippen LogP contribution in [0.4, 0.5) is 0 Å². The van der Waals surface area contributed by atoms with Crippen molar-refractivity contribution in [1.82, 2.24) is 58.4 Å². The van der Waals surface area contributed by atoms with Gasteiger partial charge < -0.3 is 24.4 Å². The van der Waals surface area contributed by atoms with E-state index < -0.39 is 46.5 Å². The molecule has 89 heavy (non-hydrogen) atoms. The second kappa shape index (κ2) is 31.2. The zero-order valence-corrected chi connectivity index (χ0v) is 56.2. The van der Waals surface area contributed by atoms with E-state index in [2.05, 4.69) is 51.2 Å². The van der Waals surface area contributed by atoms with Gasteiger partial charge in [0.25, 0.3) is 10.8 Å². The van der Waals surface area contributed by atoms with Crippen molar-refractivity contribution in [3.05, 3.63) is 191 Å². The van der Waals surface area contributed by atoms with Gasteiger partial charge in [-0.15, -0.1) is 0 Å². The zero-order chi connectivity index (χ0) is 66.5. The lowest BCUT2D eigenvalue weighted by atomic mass is 10.00. The Hall–Kier alpha value is -7.63. The summed E-state index contributed by atoms with van der Waals surface area (Å²) in [6, 6.07) is 16.3. The highest BCUT2D eigenvalue weighted by Crippen LogP contribution is 2.35. The molecule has 9 rings (SSSR count). The average Bonchev–Trinajstić information content (AvgIpc) is 1.86. The second-order valence-corrected chi connectivity index (χ2v) is 27.4. The van der Waals surface area contributed by atoms with Crippen LogP contribution in [0, 0.1) is 20.8 Å². The predicted octanol–water partition coefficient (Wildman–Crippen LogP) is 8.56. The van der Waals surface area contributed by atoms with Gasteiger partial charge in [-0.3, -0.25) is 33.1 Å². The third-order valence-electron chi connectivity index (χ3n) is 13.2.